The van der Waals surface area contributed by atoms with Crippen molar-refractivity contribution in [1.29, 1.82) is 0 Å². The van der Waals surface area contributed by atoms with Crippen molar-refractivity contribution >= 4 is 55.8 Å². The van der Waals surface area contributed by atoms with E-state index >= 15 is 0 Å². The number of hydrogen-bond acceptors (Lipinski definition) is 4. The van der Waals surface area contributed by atoms with E-state index in [1.54, 1.807) is 24.3 Å². The number of carboxylic acids is 1. The van der Waals surface area contributed by atoms with Crippen molar-refractivity contribution < 1.29 is 27.9 Å². The summed E-state index contributed by atoms with van der Waals surface area (Å²) in [5.74, 6) is -4.20. The predicted octanol–water partition coefficient (Wildman–Crippen LogP) is 6.15. The summed E-state index contributed by atoms with van der Waals surface area (Å²) in [6, 6.07) is 9.03. The number of nitrogens with one attached hydrogen (secondary N) is 1. The van der Waals surface area contributed by atoms with Gasteiger partial charge in [0.15, 0.2) is 11.6 Å². The standard InChI is InChI=1S/C20H10BrF2NO4S/c21-12-3-2-11(16(22)17(12)23)18-15(20(26)27)13(8-29-18)24-19(25)10-1-4-14-9(7-10)5-6-28-14/h1-8H,(H,24,25)(H,26,27). The largest absolute Gasteiger partial charge is 0.478 e. The Morgan fingerprint density at radius 1 is 1.10 bits per heavy atom. The van der Waals surface area contributed by atoms with Crippen LogP contribution >= 0.6 is 27.3 Å². The molecule has 0 atom stereocenters. The molecule has 2 heterocycles. The lowest BCUT2D eigenvalue weighted by molar-refractivity contribution is 0.0699. The highest BCUT2D eigenvalue weighted by molar-refractivity contribution is 9.10. The summed E-state index contributed by atoms with van der Waals surface area (Å²) in [7, 11) is 0. The number of thiophene rings is 1. The Morgan fingerprint density at radius 2 is 1.90 bits per heavy atom. The molecule has 2 aromatic carbocycles. The van der Waals surface area contributed by atoms with Crippen LogP contribution in [0.2, 0.25) is 0 Å². The molecule has 0 saturated heterocycles. The van der Waals surface area contributed by atoms with Gasteiger partial charge in [-0.25, -0.2) is 13.6 Å². The lowest BCUT2D eigenvalue weighted by Crippen LogP contribution is -2.14. The van der Waals surface area contributed by atoms with E-state index in [0.29, 0.717) is 11.1 Å². The zero-order valence-corrected chi connectivity index (χ0v) is 16.7. The molecule has 0 aliphatic rings. The van der Waals surface area contributed by atoms with Gasteiger partial charge in [-0.3, -0.25) is 4.79 Å². The summed E-state index contributed by atoms with van der Waals surface area (Å²) >= 11 is 3.78. The molecule has 4 aromatic rings. The fourth-order valence-electron chi connectivity index (χ4n) is 2.86. The molecule has 0 radical (unpaired) electrons. The molecule has 0 spiro atoms. The quantitative estimate of drug-likeness (QED) is 0.345. The number of rotatable bonds is 4. The monoisotopic (exact) mass is 477 g/mol. The number of carbonyl (C=O) groups is 2. The number of fused-ring (bicyclic) bond motifs is 1. The molecule has 0 aliphatic heterocycles. The number of carboxylic acid groups (broad SMARTS) is 1. The van der Waals surface area contributed by atoms with Gasteiger partial charge in [0, 0.05) is 21.9 Å². The van der Waals surface area contributed by atoms with E-state index in [2.05, 4.69) is 21.2 Å². The first-order valence-corrected chi connectivity index (χ1v) is 9.81. The Hall–Kier alpha value is -3.04. The van der Waals surface area contributed by atoms with E-state index in [4.69, 9.17) is 4.42 Å². The third kappa shape index (κ3) is 3.43. The molecular weight excluding hydrogens is 468 g/mol. The summed E-state index contributed by atoms with van der Waals surface area (Å²) in [4.78, 5) is 24.4. The lowest BCUT2D eigenvalue weighted by atomic mass is 10.1. The molecule has 4 rings (SSSR count). The van der Waals surface area contributed by atoms with Gasteiger partial charge in [0.1, 0.15) is 11.1 Å². The number of benzene rings is 2. The minimum absolute atomic E-state index is 0.00184. The maximum atomic E-state index is 14.4. The second-order valence-electron chi connectivity index (χ2n) is 6.01. The topological polar surface area (TPSA) is 79.5 Å². The summed E-state index contributed by atoms with van der Waals surface area (Å²) < 4.78 is 33.4. The van der Waals surface area contributed by atoms with Crippen LogP contribution in [0.5, 0.6) is 0 Å². The van der Waals surface area contributed by atoms with Crippen LogP contribution in [0.15, 0.2) is 56.9 Å². The van der Waals surface area contributed by atoms with E-state index in [1.807, 2.05) is 0 Å². The maximum Gasteiger partial charge on any atom is 0.339 e. The minimum Gasteiger partial charge on any atom is -0.478 e. The molecule has 0 bridgehead atoms. The summed E-state index contributed by atoms with van der Waals surface area (Å²) in [5.41, 5.74) is 0.390. The third-order valence-electron chi connectivity index (χ3n) is 4.25. The molecule has 146 valence electrons. The molecule has 0 fully saturated rings. The Labute approximate surface area is 174 Å². The lowest BCUT2D eigenvalue weighted by Gasteiger charge is -2.08. The molecule has 9 heteroatoms. The van der Waals surface area contributed by atoms with Crippen molar-refractivity contribution in [2.24, 2.45) is 0 Å². The Morgan fingerprint density at radius 3 is 2.66 bits per heavy atom. The van der Waals surface area contributed by atoms with E-state index in [-0.39, 0.29) is 26.2 Å². The molecule has 5 nitrogen and oxygen atoms in total. The third-order valence-corrected chi connectivity index (χ3v) is 5.87. The van der Waals surface area contributed by atoms with Crippen LogP contribution in [0, 0.1) is 11.6 Å². The minimum atomic E-state index is -1.37. The molecule has 29 heavy (non-hydrogen) atoms. The van der Waals surface area contributed by atoms with Gasteiger partial charge in [0.05, 0.1) is 21.3 Å². The molecular formula is C20H10BrF2NO4S. The molecule has 2 aromatic heterocycles. The van der Waals surface area contributed by atoms with E-state index < -0.39 is 23.5 Å². The normalized spacial score (nSPS) is 11.0. The van der Waals surface area contributed by atoms with E-state index in [9.17, 15) is 23.5 Å². The van der Waals surface area contributed by atoms with Crippen LogP contribution in [-0.2, 0) is 0 Å². The number of halogens is 3. The first kappa shape index (κ1) is 19.3. The molecule has 1 amide bonds. The van der Waals surface area contributed by atoms with Gasteiger partial charge in [-0.05, 0) is 52.3 Å². The highest BCUT2D eigenvalue weighted by Crippen LogP contribution is 2.39. The van der Waals surface area contributed by atoms with Gasteiger partial charge < -0.3 is 14.8 Å². The van der Waals surface area contributed by atoms with E-state index in [1.165, 1.54) is 23.8 Å². The van der Waals surface area contributed by atoms with E-state index in [0.717, 1.165) is 16.7 Å². The number of carbonyl (C=O) groups excluding carboxylic acids is 1. The molecule has 2 N–H and O–H groups in total. The number of aromatic carboxylic acids is 1. The molecule has 0 unspecified atom stereocenters. The SMILES string of the molecule is O=C(Nc1csc(-c2ccc(Br)c(F)c2F)c1C(=O)O)c1ccc2occc2c1. The Balaban J connectivity index is 1.72. The summed E-state index contributed by atoms with van der Waals surface area (Å²) in [6.45, 7) is 0. The second kappa shape index (κ2) is 7.41. The zero-order valence-electron chi connectivity index (χ0n) is 14.3. The van der Waals surface area contributed by atoms with Crippen LogP contribution in [0.4, 0.5) is 14.5 Å². The number of hydrogen-bond donors (Lipinski definition) is 2. The predicted molar refractivity (Wildman–Crippen MR) is 108 cm³/mol. The average molecular weight is 478 g/mol. The number of amides is 1. The van der Waals surface area contributed by atoms with Crippen molar-refractivity contribution in [1.82, 2.24) is 0 Å². The second-order valence-corrected chi connectivity index (χ2v) is 7.74. The van der Waals surface area contributed by atoms with Crippen molar-refractivity contribution in [3.8, 4) is 10.4 Å². The van der Waals surface area contributed by atoms with Crippen molar-refractivity contribution in [3.63, 3.8) is 0 Å². The van der Waals surface area contributed by atoms with Crippen molar-refractivity contribution in [3.05, 3.63) is 75.3 Å². The first-order valence-electron chi connectivity index (χ1n) is 8.14. The van der Waals surface area contributed by atoms with Gasteiger partial charge in [0.2, 0.25) is 0 Å². The van der Waals surface area contributed by atoms with Gasteiger partial charge in [-0.15, -0.1) is 11.3 Å². The van der Waals surface area contributed by atoms with Crippen LogP contribution in [0.1, 0.15) is 20.7 Å². The fourth-order valence-corrected chi connectivity index (χ4v) is 4.18. The highest BCUT2D eigenvalue weighted by Gasteiger charge is 2.25. The smallest absolute Gasteiger partial charge is 0.339 e. The summed E-state index contributed by atoms with van der Waals surface area (Å²) in [5, 5.41) is 14.3. The van der Waals surface area contributed by atoms with Gasteiger partial charge in [-0.1, -0.05) is 0 Å². The number of anilines is 1. The maximum absolute atomic E-state index is 14.4. The van der Waals surface area contributed by atoms with Gasteiger partial charge in [0.25, 0.3) is 5.91 Å². The first-order chi connectivity index (χ1) is 13.9. The van der Waals surface area contributed by atoms with Crippen LogP contribution in [0.3, 0.4) is 0 Å². The van der Waals surface area contributed by atoms with Crippen LogP contribution < -0.4 is 5.32 Å². The Kier molecular flexibility index (Phi) is 4.93. The number of furan rings is 1. The highest BCUT2D eigenvalue weighted by atomic mass is 79.9. The molecule has 0 aliphatic carbocycles. The zero-order chi connectivity index (χ0) is 20.7. The van der Waals surface area contributed by atoms with Crippen molar-refractivity contribution in [2.45, 2.75) is 0 Å². The fraction of sp³-hybridized carbons (Fsp3) is 0. The average Bonchev–Trinajstić information content (AvgIpc) is 3.32. The van der Waals surface area contributed by atoms with Crippen LogP contribution in [-0.4, -0.2) is 17.0 Å². The van der Waals surface area contributed by atoms with Gasteiger partial charge >= 0.3 is 5.97 Å². The van der Waals surface area contributed by atoms with Crippen molar-refractivity contribution in [2.75, 3.05) is 5.32 Å². The van der Waals surface area contributed by atoms with Crippen LogP contribution in [0.25, 0.3) is 21.4 Å². The summed E-state index contributed by atoms with van der Waals surface area (Å²) in [6.07, 6.45) is 1.49. The molecule has 0 saturated carbocycles. The van der Waals surface area contributed by atoms with Gasteiger partial charge in [-0.2, -0.15) is 0 Å². The Bertz CT molecular complexity index is 1280.